The van der Waals surface area contributed by atoms with E-state index in [0.29, 0.717) is 11.4 Å². The molecule has 0 saturated heterocycles. The molecule has 0 radical (unpaired) electrons. The molecule has 9 heteroatoms. The Balaban J connectivity index is 1.95. The molecule has 0 aliphatic carbocycles. The van der Waals surface area contributed by atoms with Gasteiger partial charge in [0.2, 0.25) is 5.91 Å². The molecular formula is C22H20Cl2N2O4S. The lowest BCUT2D eigenvalue weighted by atomic mass is 10.2. The average Bonchev–Trinajstić information content (AvgIpc) is 2.72. The Kier molecular flexibility index (Phi) is 7.10. The fraction of sp³-hybridized carbons (Fsp3) is 0.136. The molecule has 0 unspecified atom stereocenters. The van der Waals surface area contributed by atoms with Gasteiger partial charge in [-0.3, -0.25) is 9.10 Å². The number of amides is 1. The number of halogens is 2. The van der Waals surface area contributed by atoms with Crippen molar-refractivity contribution in [2.45, 2.75) is 11.8 Å². The molecule has 3 rings (SSSR count). The molecule has 0 spiro atoms. The molecule has 0 aromatic heterocycles. The van der Waals surface area contributed by atoms with E-state index in [1.807, 2.05) is 6.92 Å². The molecule has 1 N–H and O–H groups in total. The zero-order chi connectivity index (χ0) is 22.6. The van der Waals surface area contributed by atoms with E-state index in [1.54, 1.807) is 36.4 Å². The van der Waals surface area contributed by atoms with Gasteiger partial charge in [0.1, 0.15) is 12.3 Å². The van der Waals surface area contributed by atoms with E-state index in [9.17, 15) is 13.2 Å². The highest BCUT2D eigenvalue weighted by molar-refractivity contribution is 7.92. The molecule has 0 aliphatic heterocycles. The zero-order valence-corrected chi connectivity index (χ0v) is 19.1. The van der Waals surface area contributed by atoms with E-state index in [2.05, 4.69) is 5.32 Å². The van der Waals surface area contributed by atoms with Crippen molar-refractivity contribution < 1.29 is 17.9 Å². The van der Waals surface area contributed by atoms with Crippen molar-refractivity contribution in [3.8, 4) is 5.75 Å². The van der Waals surface area contributed by atoms with Crippen molar-refractivity contribution in [1.29, 1.82) is 0 Å². The number of nitrogens with zero attached hydrogens (tertiary/aromatic N) is 1. The van der Waals surface area contributed by atoms with Gasteiger partial charge in [0.25, 0.3) is 10.0 Å². The maximum Gasteiger partial charge on any atom is 0.264 e. The maximum atomic E-state index is 13.4. The third-order valence-electron chi connectivity index (χ3n) is 4.41. The predicted molar refractivity (Wildman–Crippen MR) is 124 cm³/mol. The molecule has 3 aromatic rings. The summed E-state index contributed by atoms with van der Waals surface area (Å²) < 4.78 is 32.8. The molecule has 0 aliphatic rings. The quantitative estimate of drug-likeness (QED) is 0.509. The molecule has 31 heavy (non-hydrogen) atoms. The topological polar surface area (TPSA) is 75.7 Å². The van der Waals surface area contributed by atoms with Gasteiger partial charge in [-0.1, -0.05) is 40.9 Å². The van der Waals surface area contributed by atoms with Crippen LogP contribution in [0.25, 0.3) is 0 Å². The third kappa shape index (κ3) is 5.70. The number of aryl methyl sites for hydroxylation is 1. The fourth-order valence-corrected chi connectivity index (χ4v) is 4.76. The second-order valence-corrected chi connectivity index (χ2v) is 9.46. The minimum Gasteiger partial charge on any atom is -0.497 e. The fourth-order valence-electron chi connectivity index (χ4n) is 2.84. The molecule has 0 heterocycles. The van der Waals surface area contributed by atoms with E-state index in [-0.39, 0.29) is 20.6 Å². The van der Waals surface area contributed by atoms with Gasteiger partial charge in [-0.05, 0) is 61.5 Å². The lowest BCUT2D eigenvalue weighted by Gasteiger charge is -2.24. The van der Waals surface area contributed by atoms with Gasteiger partial charge >= 0.3 is 0 Å². The second kappa shape index (κ2) is 9.60. The first-order valence-electron chi connectivity index (χ1n) is 9.18. The second-order valence-electron chi connectivity index (χ2n) is 6.73. The summed E-state index contributed by atoms with van der Waals surface area (Å²) in [5.41, 5.74) is 1.60. The molecule has 0 saturated carbocycles. The highest BCUT2D eigenvalue weighted by Crippen LogP contribution is 2.30. The van der Waals surface area contributed by atoms with Gasteiger partial charge in [-0.25, -0.2) is 8.42 Å². The summed E-state index contributed by atoms with van der Waals surface area (Å²) in [5.74, 6) is 0.104. The number of carbonyl (C=O) groups is 1. The van der Waals surface area contributed by atoms with Crippen molar-refractivity contribution in [3.05, 3.63) is 82.3 Å². The number of hydrogen-bond donors (Lipinski definition) is 1. The van der Waals surface area contributed by atoms with Crippen molar-refractivity contribution in [1.82, 2.24) is 0 Å². The lowest BCUT2D eigenvalue weighted by Crippen LogP contribution is -2.38. The number of hydrogen-bond acceptors (Lipinski definition) is 4. The van der Waals surface area contributed by atoms with Gasteiger partial charge in [-0.15, -0.1) is 0 Å². The molecule has 6 nitrogen and oxygen atoms in total. The van der Waals surface area contributed by atoms with E-state index >= 15 is 0 Å². The van der Waals surface area contributed by atoms with Crippen LogP contribution in [0.2, 0.25) is 10.0 Å². The van der Waals surface area contributed by atoms with Crippen LogP contribution in [0, 0.1) is 6.92 Å². The number of anilines is 2. The Morgan fingerprint density at radius 1 is 0.968 bits per heavy atom. The largest absolute Gasteiger partial charge is 0.497 e. The van der Waals surface area contributed by atoms with Crippen LogP contribution in [0.3, 0.4) is 0 Å². The highest BCUT2D eigenvalue weighted by atomic mass is 35.5. The van der Waals surface area contributed by atoms with Gasteiger partial charge in [0.05, 0.1) is 17.7 Å². The molecule has 3 aromatic carbocycles. The Morgan fingerprint density at radius 3 is 2.10 bits per heavy atom. The van der Waals surface area contributed by atoms with Crippen molar-refractivity contribution in [2.24, 2.45) is 0 Å². The summed E-state index contributed by atoms with van der Waals surface area (Å²) in [6.45, 7) is 1.38. The Hall–Kier alpha value is -2.74. The summed E-state index contributed by atoms with van der Waals surface area (Å²) in [7, 11) is -2.53. The minimum absolute atomic E-state index is 0.0476. The van der Waals surface area contributed by atoms with Crippen molar-refractivity contribution in [3.63, 3.8) is 0 Å². The molecule has 1 amide bonds. The van der Waals surface area contributed by atoms with E-state index < -0.39 is 22.5 Å². The van der Waals surface area contributed by atoms with Crippen LogP contribution in [-0.2, 0) is 14.8 Å². The normalized spacial score (nSPS) is 11.1. The SMILES string of the molecule is COc1ccc(NC(=O)CN(c2cc(Cl)cc(Cl)c2)S(=O)(=O)c2ccc(C)cc2)cc1. The van der Waals surface area contributed by atoms with Gasteiger partial charge in [0, 0.05) is 15.7 Å². The van der Waals surface area contributed by atoms with Crippen LogP contribution in [0.4, 0.5) is 11.4 Å². The molecule has 162 valence electrons. The smallest absolute Gasteiger partial charge is 0.264 e. The van der Waals surface area contributed by atoms with Gasteiger partial charge in [-0.2, -0.15) is 0 Å². The summed E-state index contributed by atoms with van der Waals surface area (Å²) >= 11 is 12.2. The molecule has 0 atom stereocenters. The maximum absolute atomic E-state index is 13.4. The summed E-state index contributed by atoms with van der Waals surface area (Å²) in [6.07, 6.45) is 0. The number of sulfonamides is 1. The van der Waals surface area contributed by atoms with Crippen LogP contribution < -0.4 is 14.4 Å². The predicted octanol–water partition coefficient (Wildman–Crippen LogP) is 5.14. The minimum atomic E-state index is -4.07. The monoisotopic (exact) mass is 478 g/mol. The standard InChI is InChI=1S/C22H20Cl2N2O4S/c1-15-3-9-21(10-4-15)31(28,29)26(19-12-16(23)11-17(24)13-19)14-22(27)25-18-5-7-20(30-2)8-6-18/h3-13H,14H2,1-2H3,(H,25,27). The van der Waals surface area contributed by atoms with Crippen LogP contribution in [0.1, 0.15) is 5.56 Å². The summed E-state index contributed by atoms with van der Waals surface area (Å²) in [4.78, 5) is 12.8. The average molecular weight is 479 g/mol. The number of rotatable bonds is 7. The van der Waals surface area contributed by atoms with Crippen LogP contribution in [0.5, 0.6) is 5.75 Å². The first-order valence-corrected chi connectivity index (χ1v) is 11.4. The van der Waals surface area contributed by atoms with E-state index in [0.717, 1.165) is 9.87 Å². The van der Waals surface area contributed by atoms with E-state index in [1.165, 1.54) is 37.4 Å². The van der Waals surface area contributed by atoms with Gasteiger partial charge < -0.3 is 10.1 Å². The molecule has 0 bridgehead atoms. The Labute approximate surface area is 191 Å². The van der Waals surface area contributed by atoms with Crippen LogP contribution in [0.15, 0.2) is 71.6 Å². The third-order valence-corrected chi connectivity index (χ3v) is 6.63. The van der Waals surface area contributed by atoms with Crippen LogP contribution >= 0.6 is 23.2 Å². The number of carbonyl (C=O) groups excluding carboxylic acids is 1. The molecular weight excluding hydrogens is 459 g/mol. The number of methoxy groups -OCH3 is 1. The zero-order valence-electron chi connectivity index (χ0n) is 16.8. The number of benzene rings is 3. The summed E-state index contributed by atoms with van der Waals surface area (Å²) in [5, 5.41) is 3.19. The summed E-state index contributed by atoms with van der Waals surface area (Å²) in [6, 6.07) is 17.4. The Bertz CT molecular complexity index is 1160. The van der Waals surface area contributed by atoms with Crippen LogP contribution in [-0.4, -0.2) is 28.0 Å². The Morgan fingerprint density at radius 2 is 1.55 bits per heavy atom. The number of nitrogens with one attached hydrogen (secondary N) is 1. The van der Waals surface area contributed by atoms with Crippen molar-refractivity contribution in [2.75, 3.05) is 23.3 Å². The molecule has 0 fully saturated rings. The van der Waals surface area contributed by atoms with Crippen molar-refractivity contribution >= 4 is 50.5 Å². The number of ether oxygens (including phenoxy) is 1. The first-order chi connectivity index (χ1) is 14.7. The highest BCUT2D eigenvalue weighted by Gasteiger charge is 2.28. The van der Waals surface area contributed by atoms with Gasteiger partial charge in [0.15, 0.2) is 0 Å². The first kappa shape index (κ1) is 22.9. The van der Waals surface area contributed by atoms with E-state index in [4.69, 9.17) is 27.9 Å². The lowest BCUT2D eigenvalue weighted by molar-refractivity contribution is -0.114.